The molecule has 7 heteroatoms. The average Bonchev–Trinajstić information content (AvgIpc) is 2.87. The van der Waals surface area contributed by atoms with Crippen molar-refractivity contribution >= 4 is 29.2 Å². The molecule has 1 unspecified atom stereocenters. The second-order valence-corrected chi connectivity index (χ2v) is 5.20. The molecule has 1 aromatic heterocycles. The normalized spacial score (nSPS) is 12.1. The Kier molecular flexibility index (Phi) is 5.12. The summed E-state index contributed by atoms with van der Waals surface area (Å²) < 4.78 is 11.0. The van der Waals surface area contributed by atoms with Crippen molar-refractivity contribution in [2.75, 3.05) is 0 Å². The molecule has 0 amide bonds. The van der Waals surface area contributed by atoms with E-state index in [-0.39, 0.29) is 13.0 Å². The lowest BCUT2D eigenvalue weighted by molar-refractivity contribution is -0.138. The largest absolute Gasteiger partial charge is 0.486 e. The fraction of sp³-hybridized carbons (Fsp3) is 0.214. The molecule has 0 fully saturated rings. The van der Waals surface area contributed by atoms with E-state index in [1.165, 1.54) is 0 Å². The van der Waals surface area contributed by atoms with Crippen LogP contribution in [-0.2, 0) is 17.8 Å². The summed E-state index contributed by atoms with van der Waals surface area (Å²) in [5.74, 6) is 0.552. The van der Waals surface area contributed by atoms with Crippen molar-refractivity contribution in [2.45, 2.75) is 19.1 Å². The van der Waals surface area contributed by atoms with Crippen molar-refractivity contribution in [3.05, 3.63) is 51.9 Å². The molecule has 0 aliphatic rings. The molecule has 112 valence electrons. The predicted octanol–water partition coefficient (Wildman–Crippen LogP) is 3.12. The van der Waals surface area contributed by atoms with Gasteiger partial charge < -0.3 is 20.0 Å². The zero-order valence-corrected chi connectivity index (χ0v) is 12.4. The number of carboxylic acids is 1. The first kappa shape index (κ1) is 15.7. The summed E-state index contributed by atoms with van der Waals surface area (Å²) in [7, 11) is 0. The predicted molar refractivity (Wildman–Crippen MR) is 78.8 cm³/mol. The van der Waals surface area contributed by atoms with E-state index in [4.69, 9.17) is 43.2 Å². The van der Waals surface area contributed by atoms with E-state index in [0.29, 0.717) is 27.3 Å². The summed E-state index contributed by atoms with van der Waals surface area (Å²) >= 11 is 11.7. The van der Waals surface area contributed by atoms with E-state index in [1.807, 2.05) is 0 Å². The van der Waals surface area contributed by atoms with Crippen molar-refractivity contribution in [3.8, 4) is 5.75 Å². The van der Waals surface area contributed by atoms with Gasteiger partial charge in [0.15, 0.2) is 0 Å². The third-order valence-electron chi connectivity index (χ3n) is 2.73. The lowest BCUT2D eigenvalue weighted by Gasteiger charge is -2.06. The van der Waals surface area contributed by atoms with Crippen molar-refractivity contribution in [1.29, 1.82) is 0 Å². The highest BCUT2D eigenvalue weighted by Crippen LogP contribution is 2.26. The van der Waals surface area contributed by atoms with Crippen LogP contribution in [0.4, 0.5) is 0 Å². The molecule has 1 aromatic carbocycles. The Morgan fingerprint density at radius 2 is 1.95 bits per heavy atom. The van der Waals surface area contributed by atoms with Crippen molar-refractivity contribution in [1.82, 2.24) is 0 Å². The zero-order valence-electron chi connectivity index (χ0n) is 10.9. The maximum Gasteiger partial charge on any atom is 0.320 e. The SMILES string of the molecule is NC(Cc1ccc(COc2ccc(Cl)c(Cl)c2)o1)C(=O)O. The maximum absolute atomic E-state index is 10.7. The van der Waals surface area contributed by atoms with Gasteiger partial charge in [-0.15, -0.1) is 0 Å². The van der Waals surface area contributed by atoms with Gasteiger partial charge in [0.2, 0.25) is 0 Å². The highest BCUT2D eigenvalue weighted by Gasteiger charge is 2.14. The molecule has 0 radical (unpaired) electrons. The highest BCUT2D eigenvalue weighted by molar-refractivity contribution is 6.42. The number of carbonyl (C=O) groups is 1. The molecule has 0 spiro atoms. The van der Waals surface area contributed by atoms with E-state index in [9.17, 15) is 4.79 Å². The average molecular weight is 330 g/mol. The van der Waals surface area contributed by atoms with Gasteiger partial charge in [-0.05, 0) is 24.3 Å². The van der Waals surface area contributed by atoms with Crippen LogP contribution in [0.3, 0.4) is 0 Å². The standard InChI is InChI=1S/C14H13Cl2NO4/c15-11-4-3-8(5-12(11)16)20-7-10-2-1-9(21-10)6-13(17)14(18)19/h1-5,13H,6-7,17H2,(H,18,19). The van der Waals surface area contributed by atoms with E-state index < -0.39 is 12.0 Å². The highest BCUT2D eigenvalue weighted by atomic mass is 35.5. The molecule has 3 N–H and O–H groups in total. The van der Waals surface area contributed by atoms with Gasteiger partial charge in [-0.1, -0.05) is 23.2 Å². The van der Waals surface area contributed by atoms with E-state index in [1.54, 1.807) is 30.3 Å². The Labute approximate surface area is 131 Å². The Morgan fingerprint density at radius 3 is 2.62 bits per heavy atom. The molecule has 0 saturated heterocycles. The lowest BCUT2D eigenvalue weighted by Crippen LogP contribution is -2.32. The Hall–Kier alpha value is -1.69. The van der Waals surface area contributed by atoms with Crippen molar-refractivity contribution in [3.63, 3.8) is 0 Å². The molecule has 0 aliphatic carbocycles. The fourth-order valence-electron chi connectivity index (χ4n) is 1.63. The number of nitrogens with two attached hydrogens (primary N) is 1. The number of aliphatic carboxylic acids is 1. The van der Waals surface area contributed by atoms with Crippen LogP contribution in [0.25, 0.3) is 0 Å². The summed E-state index contributed by atoms with van der Waals surface area (Å²) in [4.78, 5) is 10.7. The molecule has 5 nitrogen and oxygen atoms in total. The summed E-state index contributed by atoms with van der Waals surface area (Å²) in [6.07, 6.45) is 0.127. The van der Waals surface area contributed by atoms with Gasteiger partial charge in [-0.25, -0.2) is 0 Å². The Balaban J connectivity index is 1.93. The Bertz CT molecular complexity index is 642. The number of hydrogen-bond donors (Lipinski definition) is 2. The van der Waals surface area contributed by atoms with Crippen LogP contribution in [0, 0.1) is 0 Å². The van der Waals surface area contributed by atoms with Crippen molar-refractivity contribution in [2.24, 2.45) is 5.73 Å². The van der Waals surface area contributed by atoms with Crippen molar-refractivity contribution < 1.29 is 19.1 Å². The summed E-state index contributed by atoms with van der Waals surface area (Å²) in [5.41, 5.74) is 5.44. The summed E-state index contributed by atoms with van der Waals surface area (Å²) in [6, 6.07) is 7.34. The maximum atomic E-state index is 10.7. The van der Waals surface area contributed by atoms with Crippen LogP contribution in [0.2, 0.25) is 10.0 Å². The molecule has 21 heavy (non-hydrogen) atoms. The first-order valence-corrected chi connectivity index (χ1v) is 6.85. The number of halogens is 2. The third-order valence-corrected chi connectivity index (χ3v) is 3.47. The quantitative estimate of drug-likeness (QED) is 0.850. The first-order chi connectivity index (χ1) is 9.95. The minimum Gasteiger partial charge on any atom is -0.486 e. The number of hydrogen-bond acceptors (Lipinski definition) is 4. The number of rotatable bonds is 6. The molecule has 2 aromatic rings. The van der Waals surface area contributed by atoms with Crippen LogP contribution in [0.15, 0.2) is 34.7 Å². The van der Waals surface area contributed by atoms with Gasteiger partial charge in [0, 0.05) is 12.5 Å². The smallest absolute Gasteiger partial charge is 0.320 e. The Morgan fingerprint density at radius 1 is 1.24 bits per heavy atom. The number of benzene rings is 1. The van der Waals surface area contributed by atoms with Crippen LogP contribution in [0.1, 0.15) is 11.5 Å². The van der Waals surface area contributed by atoms with Crippen LogP contribution in [-0.4, -0.2) is 17.1 Å². The van der Waals surface area contributed by atoms with Gasteiger partial charge in [0.05, 0.1) is 10.0 Å². The van der Waals surface area contributed by atoms with Gasteiger partial charge in [-0.2, -0.15) is 0 Å². The second-order valence-electron chi connectivity index (χ2n) is 4.38. The fourth-order valence-corrected chi connectivity index (χ4v) is 1.92. The molecule has 1 atom stereocenters. The summed E-state index contributed by atoms with van der Waals surface area (Å²) in [6.45, 7) is 0.195. The topological polar surface area (TPSA) is 85.7 Å². The molecule has 0 aliphatic heterocycles. The van der Waals surface area contributed by atoms with E-state index in [0.717, 1.165) is 0 Å². The number of ether oxygens (including phenoxy) is 1. The van der Waals surface area contributed by atoms with Crippen LogP contribution < -0.4 is 10.5 Å². The molecule has 0 bridgehead atoms. The number of carboxylic acid groups (broad SMARTS) is 1. The van der Waals surface area contributed by atoms with Crippen LogP contribution >= 0.6 is 23.2 Å². The van der Waals surface area contributed by atoms with Gasteiger partial charge in [-0.3, -0.25) is 4.79 Å². The summed E-state index contributed by atoms with van der Waals surface area (Å²) in [5, 5.41) is 9.59. The minimum absolute atomic E-state index is 0.127. The van der Waals surface area contributed by atoms with Gasteiger partial charge in [0.25, 0.3) is 0 Å². The molecule has 2 rings (SSSR count). The van der Waals surface area contributed by atoms with E-state index >= 15 is 0 Å². The first-order valence-electron chi connectivity index (χ1n) is 6.09. The molecule has 1 heterocycles. The second kappa shape index (κ2) is 6.85. The molecular formula is C14H13Cl2NO4. The van der Waals surface area contributed by atoms with Gasteiger partial charge >= 0.3 is 5.97 Å². The minimum atomic E-state index is -1.07. The third kappa shape index (κ3) is 4.39. The van der Waals surface area contributed by atoms with Crippen LogP contribution in [0.5, 0.6) is 5.75 Å². The monoisotopic (exact) mass is 329 g/mol. The molecule has 0 saturated carbocycles. The zero-order chi connectivity index (χ0) is 15.4. The van der Waals surface area contributed by atoms with Gasteiger partial charge in [0.1, 0.15) is 29.9 Å². The van der Waals surface area contributed by atoms with E-state index in [2.05, 4.69) is 0 Å². The lowest BCUT2D eigenvalue weighted by atomic mass is 10.2. The number of furan rings is 1. The molecular weight excluding hydrogens is 317 g/mol.